The summed E-state index contributed by atoms with van der Waals surface area (Å²) < 4.78 is 38.7. The van der Waals surface area contributed by atoms with Gasteiger partial charge in [0.15, 0.2) is 0 Å². The third-order valence-electron chi connectivity index (χ3n) is 10.3. The van der Waals surface area contributed by atoms with Gasteiger partial charge in [0.05, 0.1) is 11.5 Å². The summed E-state index contributed by atoms with van der Waals surface area (Å²) >= 11 is 0. The summed E-state index contributed by atoms with van der Waals surface area (Å²) in [7, 11) is 0. The van der Waals surface area contributed by atoms with Gasteiger partial charge in [-0.25, -0.2) is 0 Å². The van der Waals surface area contributed by atoms with E-state index in [9.17, 15) is 18.3 Å². The number of halogens is 3. The number of rotatable bonds is 4. The summed E-state index contributed by atoms with van der Waals surface area (Å²) in [6.07, 6.45) is 7.49. The lowest BCUT2D eigenvalue weighted by Gasteiger charge is -2.59. The molecule has 8 atom stereocenters. The third-order valence-corrected chi connectivity index (χ3v) is 10.3. The van der Waals surface area contributed by atoms with E-state index in [-0.39, 0.29) is 17.3 Å². The van der Waals surface area contributed by atoms with Crippen LogP contribution in [0.4, 0.5) is 13.2 Å². The Kier molecular flexibility index (Phi) is 7.61. The first-order valence-electron chi connectivity index (χ1n) is 13.5. The first-order chi connectivity index (χ1) is 15.3. The summed E-state index contributed by atoms with van der Waals surface area (Å²) in [6, 6.07) is 0. The Bertz CT molecular complexity index is 750. The van der Waals surface area contributed by atoms with Crippen LogP contribution in [-0.4, -0.2) is 16.9 Å². The maximum Gasteiger partial charge on any atom is 0.391 e. The van der Waals surface area contributed by atoms with Crippen molar-refractivity contribution in [1.29, 1.82) is 0 Å². The van der Waals surface area contributed by atoms with E-state index in [0.717, 1.165) is 32.1 Å². The minimum absolute atomic E-state index is 0.162. The van der Waals surface area contributed by atoms with Gasteiger partial charge in [0.1, 0.15) is 0 Å². The van der Waals surface area contributed by atoms with Crippen LogP contribution in [0.2, 0.25) is 0 Å². The molecule has 33 heavy (non-hydrogen) atoms. The lowest BCUT2D eigenvalue weighted by Crippen LogP contribution is -2.52. The normalized spacial score (nSPS) is 43.5. The van der Waals surface area contributed by atoms with Crippen LogP contribution >= 0.6 is 0 Å². The molecule has 0 aromatic carbocycles. The number of hydrogen-bond acceptors (Lipinski definition) is 1. The first kappa shape index (κ1) is 26.8. The molecular formula is C29H47F3O. The van der Waals surface area contributed by atoms with E-state index in [1.165, 1.54) is 37.3 Å². The number of aliphatic hydroxyl groups is 1. The smallest absolute Gasteiger partial charge is 0.390 e. The fourth-order valence-electron chi connectivity index (χ4n) is 8.14. The summed E-state index contributed by atoms with van der Waals surface area (Å²) in [4.78, 5) is 0. The summed E-state index contributed by atoms with van der Waals surface area (Å²) in [5.41, 5.74) is 2.43. The maximum atomic E-state index is 12.9. The van der Waals surface area contributed by atoms with Crippen molar-refractivity contribution in [2.24, 2.45) is 40.4 Å². The number of allylic oxidation sites excluding steroid dienone is 2. The molecule has 4 rings (SSSR count). The van der Waals surface area contributed by atoms with Crippen molar-refractivity contribution in [2.75, 3.05) is 0 Å². The zero-order chi connectivity index (χ0) is 24.8. The molecule has 4 heteroatoms. The molecule has 0 heterocycles. The summed E-state index contributed by atoms with van der Waals surface area (Å²) in [5, 5.41) is 10.7. The monoisotopic (exact) mass is 468 g/mol. The van der Waals surface area contributed by atoms with Gasteiger partial charge in [-0.1, -0.05) is 64.8 Å². The van der Waals surface area contributed by atoms with Crippen molar-refractivity contribution in [3.05, 3.63) is 23.8 Å². The van der Waals surface area contributed by atoms with Crippen molar-refractivity contribution in [3.8, 4) is 0 Å². The molecule has 0 amide bonds. The van der Waals surface area contributed by atoms with Gasteiger partial charge in [-0.2, -0.15) is 13.2 Å². The molecule has 3 fully saturated rings. The fourth-order valence-corrected chi connectivity index (χ4v) is 8.14. The SMILES string of the molecule is C=C1C=C2C[C@@](C)(O)CCC2(C)C2CCC3(C)C(CCCC(C)C(F)(F)F)CCC3C12.CC. The highest BCUT2D eigenvalue weighted by atomic mass is 19.4. The van der Waals surface area contributed by atoms with Crippen LogP contribution < -0.4 is 0 Å². The van der Waals surface area contributed by atoms with E-state index in [1.807, 2.05) is 20.8 Å². The molecule has 4 aliphatic carbocycles. The molecule has 0 bridgehead atoms. The highest BCUT2D eigenvalue weighted by molar-refractivity contribution is 5.38. The molecule has 0 aromatic heterocycles. The molecule has 0 aromatic rings. The van der Waals surface area contributed by atoms with Crippen LogP contribution in [-0.2, 0) is 0 Å². The highest BCUT2D eigenvalue weighted by Gasteiger charge is 2.59. The molecule has 1 nitrogen and oxygen atoms in total. The zero-order valence-corrected chi connectivity index (χ0v) is 21.8. The van der Waals surface area contributed by atoms with Crippen LogP contribution in [0.5, 0.6) is 0 Å². The Labute approximate surface area is 200 Å². The van der Waals surface area contributed by atoms with E-state index >= 15 is 0 Å². The Morgan fingerprint density at radius 3 is 2.36 bits per heavy atom. The van der Waals surface area contributed by atoms with Crippen LogP contribution in [0, 0.1) is 40.4 Å². The van der Waals surface area contributed by atoms with Crippen molar-refractivity contribution < 1.29 is 18.3 Å². The Morgan fingerprint density at radius 2 is 1.73 bits per heavy atom. The average Bonchev–Trinajstić information content (AvgIpc) is 3.06. The minimum Gasteiger partial charge on any atom is -0.390 e. The predicted octanol–water partition coefficient (Wildman–Crippen LogP) is 8.88. The lowest BCUT2D eigenvalue weighted by molar-refractivity contribution is -0.171. The molecule has 7 unspecified atom stereocenters. The molecular weight excluding hydrogens is 421 g/mol. The van der Waals surface area contributed by atoms with Crippen LogP contribution in [0.3, 0.4) is 0 Å². The van der Waals surface area contributed by atoms with Crippen LogP contribution in [0.15, 0.2) is 23.8 Å². The quantitative estimate of drug-likeness (QED) is 0.437. The van der Waals surface area contributed by atoms with E-state index in [0.29, 0.717) is 30.1 Å². The van der Waals surface area contributed by atoms with Gasteiger partial charge < -0.3 is 5.11 Å². The van der Waals surface area contributed by atoms with Gasteiger partial charge in [0, 0.05) is 0 Å². The second-order valence-electron chi connectivity index (χ2n) is 12.3. The molecule has 1 N–H and O–H groups in total. The minimum atomic E-state index is -4.07. The van der Waals surface area contributed by atoms with E-state index < -0.39 is 17.7 Å². The van der Waals surface area contributed by atoms with Crippen LogP contribution in [0.1, 0.15) is 106 Å². The van der Waals surface area contributed by atoms with Crippen molar-refractivity contribution >= 4 is 0 Å². The molecule has 4 aliphatic rings. The van der Waals surface area contributed by atoms with Crippen molar-refractivity contribution in [3.63, 3.8) is 0 Å². The second-order valence-corrected chi connectivity index (χ2v) is 12.3. The number of alkyl halides is 3. The van der Waals surface area contributed by atoms with E-state index in [1.54, 1.807) is 0 Å². The second kappa shape index (κ2) is 9.36. The van der Waals surface area contributed by atoms with Gasteiger partial charge in [-0.15, -0.1) is 0 Å². The lowest BCUT2D eigenvalue weighted by atomic mass is 9.46. The van der Waals surface area contributed by atoms with Gasteiger partial charge in [0.2, 0.25) is 0 Å². The van der Waals surface area contributed by atoms with Gasteiger partial charge in [-0.05, 0) is 99.2 Å². The highest BCUT2D eigenvalue weighted by Crippen LogP contribution is 2.68. The topological polar surface area (TPSA) is 20.2 Å². The summed E-state index contributed by atoms with van der Waals surface area (Å²) in [6.45, 7) is 16.6. The van der Waals surface area contributed by atoms with Gasteiger partial charge in [0.25, 0.3) is 0 Å². The molecule has 190 valence electrons. The zero-order valence-electron chi connectivity index (χ0n) is 21.8. The molecule has 0 aliphatic heterocycles. The summed E-state index contributed by atoms with van der Waals surface area (Å²) in [5.74, 6) is 1.03. The number of hydrogen-bond donors (Lipinski definition) is 1. The first-order valence-corrected chi connectivity index (χ1v) is 13.5. The molecule has 0 spiro atoms. The largest absolute Gasteiger partial charge is 0.391 e. The maximum absolute atomic E-state index is 12.9. The fraction of sp³-hybridized carbons (Fsp3) is 0.862. The van der Waals surface area contributed by atoms with E-state index in [4.69, 9.17) is 0 Å². The third kappa shape index (κ3) is 4.84. The predicted molar refractivity (Wildman–Crippen MR) is 131 cm³/mol. The molecule has 0 saturated heterocycles. The van der Waals surface area contributed by atoms with Gasteiger partial charge in [-0.3, -0.25) is 0 Å². The van der Waals surface area contributed by atoms with Gasteiger partial charge >= 0.3 is 6.18 Å². The Balaban J connectivity index is 0.00000149. The average molecular weight is 469 g/mol. The number of fused-ring (bicyclic) bond motifs is 5. The Hall–Kier alpha value is -0.770. The Morgan fingerprint density at radius 1 is 1.06 bits per heavy atom. The van der Waals surface area contributed by atoms with E-state index in [2.05, 4.69) is 26.5 Å². The van der Waals surface area contributed by atoms with Crippen molar-refractivity contribution in [1.82, 2.24) is 0 Å². The molecule has 3 saturated carbocycles. The molecule has 0 radical (unpaired) electrons. The van der Waals surface area contributed by atoms with Crippen molar-refractivity contribution in [2.45, 2.75) is 118 Å². The van der Waals surface area contributed by atoms with Crippen LogP contribution in [0.25, 0.3) is 0 Å². The standard InChI is InChI=1S/C27H41F3O.C2H6/c1-17-15-20-16-24(3,31)13-14-26(20,5)22-11-12-25(4)19(9-10-21(25)23(17)22)8-6-7-18(2)27(28,29)30;1-2/h15,18-19,21-23,31H,1,6-14,16H2,2-5H3;1-2H3/t18?,19?,21?,22?,23?,24-,25?,26?;/m0./s1.